The van der Waals surface area contributed by atoms with Crippen LogP contribution in [0.3, 0.4) is 0 Å². The molecule has 1 N–H and O–H groups in total. The van der Waals surface area contributed by atoms with Crippen LogP contribution in [-0.4, -0.2) is 87.3 Å². The van der Waals surface area contributed by atoms with Crippen molar-refractivity contribution in [2.75, 3.05) is 45.9 Å². The summed E-state index contributed by atoms with van der Waals surface area (Å²) >= 11 is 0. The number of nitrogens with one attached hydrogen (secondary N) is 1. The topological polar surface area (TPSA) is 85.4 Å². The highest BCUT2D eigenvalue weighted by Crippen LogP contribution is 2.35. The minimum atomic E-state index is -1.13. The number of halogens is 4. The van der Waals surface area contributed by atoms with Crippen molar-refractivity contribution in [2.24, 2.45) is 0 Å². The van der Waals surface area contributed by atoms with Crippen molar-refractivity contribution in [1.29, 1.82) is 0 Å². The average molecular weight is 492 g/mol. The SMILES string of the molecule is COc1nc(N[C@H]2CCN(C)C[C@H]2F)nn2cc(F)c(-c3ccc4nnn(C(CF)CF)c4c3)c12. The van der Waals surface area contributed by atoms with E-state index < -0.39 is 37.4 Å². The zero-order chi connectivity index (χ0) is 24.7. The van der Waals surface area contributed by atoms with Crippen LogP contribution >= 0.6 is 0 Å². The van der Waals surface area contributed by atoms with Crippen molar-refractivity contribution in [3.8, 4) is 17.0 Å². The van der Waals surface area contributed by atoms with Crippen LogP contribution in [0.25, 0.3) is 27.7 Å². The van der Waals surface area contributed by atoms with Gasteiger partial charge in [0, 0.05) is 13.1 Å². The molecule has 1 aliphatic heterocycles. The Bertz CT molecular complexity index is 1350. The van der Waals surface area contributed by atoms with E-state index in [1.807, 2.05) is 11.9 Å². The second-order valence-corrected chi connectivity index (χ2v) is 8.61. The number of rotatable bonds is 7. The minimum absolute atomic E-state index is 0.0851. The zero-order valence-electron chi connectivity index (χ0n) is 19.1. The van der Waals surface area contributed by atoms with Crippen molar-refractivity contribution in [3.63, 3.8) is 0 Å². The molecule has 13 heteroatoms. The van der Waals surface area contributed by atoms with E-state index in [1.54, 1.807) is 18.2 Å². The molecular formula is C22H24F4N8O. The molecule has 0 radical (unpaired) electrons. The van der Waals surface area contributed by atoms with Gasteiger partial charge in [0.15, 0.2) is 5.82 Å². The third kappa shape index (κ3) is 4.13. The number of hydrogen-bond donors (Lipinski definition) is 1. The monoisotopic (exact) mass is 492 g/mol. The van der Waals surface area contributed by atoms with Gasteiger partial charge in [0.2, 0.25) is 11.8 Å². The second kappa shape index (κ2) is 9.29. The fourth-order valence-electron chi connectivity index (χ4n) is 4.42. The van der Waals surface area contributed by atoms with Crippen LogP contribution in [0.5, 0.6) is 5.88 Å². The van der Waals surface area contributed by atoms with Gasteiger partial charge in [-0.15, -0.1) is 10.2 Å². The largest absolute Gasteiger partial charge is 0.479 e. The summed E-state index contributed by atoms with van der Waals surface area (Å²) < 4.78 is 64.2. The molecule has 9 nitrogen and oxygen atoms in total. The quantitative estimate of drug-likeness (QED) is 0.397. The number of piperidine rings is 1. The molecule has 0 saturated carbocycles. The van der Waals surface area contributed by atoms with Crippen LogP contribution in [0.15, 0.2) is 24.4 Å². The molecule has 4 heterocycles. The number of alkyl halides is 3. The molecule has 1 aliphatic rings. The molecular weight excluding hydrogens is 468 g/mol. The summed E-state index contributed by atoms with van der Waals surface area (Å²) in [6, 6.07) is 3.16. The van der Waals surface area contributed by atoms with E-state index in [1.165, 1.54) is 17.8 Å². The Balaban J connectivity index is 1.57. The predicted molar refractivity (Wildman–Crippen MR) is 121 cm³/mol. The molecule has 1 saturated heterocycles. The summed E-state index contributed by atoms with van der Waals surface area (Å²) in [4.78, 5) is 6.26. The molecule has 0 bridgehead atoms. The molecule has 2 atom stereocenters. The molecule has 4 aromatic rings. The van der Waals surface area contributed by atoms with Crippen LogP contribution in [0.4, 0.5) is 23.5 Å². The Labute approximate surface area is 197 Å². The van der Waals surface area contributed by atoms with Crippen molar-refractivity contribution in [3.05, 3.63) is 30.2 Å². The van der Waals surface area contributed by atoms with Gasteiger partial charge in [-0.05, 0) is 31.2 Å². The van der Waals surface area contributed by atoms with Gasteiger partial charge >= 0.3 is 0 Å². The van der Waals surface area contributed by atoms with Crippen molar-refractivity contribution >= 4 is 22.5 Å². The number of fused-ring (bicyclic) bond motifs is 2. The first kappa shape index (κ1) is 23.3. The van der Waals surface area contributed by atoms with E-state index in [9.17, 15) is 13.2 Å². The van der Waals surface area contributed by atoms with Gasteiger partial charge in [0.25, 0.3) is 0 Å². The summed E-state index contributed by atoms with van der Waals surface area (Å²) in [7, 11) is 3.25. The van der Waals surface area contributed by atoms with Gasteiger partial charge in [-0.1, -0.05) is 11.3 Å². The Hall–Kier alpha value is -3.48. The zero-order valence-corrected chi connectivity index (χ0v) is 19.1. The highest BCUT2D eigenvalue weighted by atomic mass is 19.1. The van der Waals surface area contributed by atoms with Gasteiger partial charge in [0.05, 0.1) is 30.4 Å². The summed E-state index contributed by atoms with van der Waals surface area (Å²) in [5.74, 6) is -0.412. The number of aromatic nitrogens is 6. The lowest BCUT2D eigenvalue weighted by molar-refractivity contribution is 0.149. The van der Waals surface area contributed by atoms with E-state index >= 15 is 4.39 Å². The second-order valence-electron chi connectivity index (χ2n) is 8.61. The van der Waals surface area contributed by atoms with E-state index in [2.05, 4.69) is 25.7 Å². The first-order valence-electron chi connectivity index (χ1n) is 11.1. The van der Waals surface area contributed by atoms with Crippen molar-refractivity contribution in [1.82, 2.24) is 34.5 Å². The first-order chi connectivity index (χ1) is 16.9. The molecule has 1 aromatic carbocycles. The third-order valence-electron chi connectivity index (χ3n) is 6.27. The van der Waals surface area contributed by atoms with Crippen molar-refractivity contribution in [2.45, 2.75) is 24.7 Å². The van der Waals surface area contributed by atoms with Gasteiger partial charge in [-0.3, -0.25) is 0 Å². The van der Waals surface area contributed by atoms with Crippen LogP contribution in [0.1, 0.15) is 12.5 Å². The van der Waals surface area contributed by atoms with E-state index in [-0.39, 0.29) is 22.9 Å². The van der Waals surface area contributed by atoms with Gasteiger partial charge in [-0.25, -0.2) is 26.8 Å². The van der Waals surface area contributed by atoms with Crippen LogP contribution in [0.2, 0.25) is 0 Å². The lowest BCUT2D eigenvalue weighted by atomic mass is 10.0. The number of likely N-dealkylation sites (tertiary alicyclic amines) is 1. The Morgan fingerprint density at radius 1 is 1.26 bits per heavy atom. The highest BCUT2D eigenvalue weighted by Gasteiger charge is 2.29. The van der Waals surface area contributed by atoms with Gasteiger partial charge in [0.1, 0.15) is 36.6 Å². The average Bonchev–Trinajstić information content (AvgIpc) is 3.41. The normalized spacial score (nSPS) is 19.2. The number of methoxy groups -OCH3 is 1. The molecule has 0 unspecified atom stereocenters. The summed E-state index contributed by atoms with van der Waals surface area (Å²) in [6.07, 6.45) is 0.624. The lowest BCUT2D eigenvalue weighted by Gasteiger charge is -2.32. The molecule has 0 amide bonds. The molecule has 186 valence electrons. The summed E-state index contributed by atoms with van der Waals surface area (Å²) in [5, 5.41) is 15.1. The van der Waals surface area contributed by atoms with E-state index in [0.717, 1.165) is 11.2 Å². The predicted octanol–water partition coefficient (Wildman–Crippen LogP) is 3.22. The maximum atomic E-state index is 15.2. The summed E-state index contributed by atoms with van der Waals surface area (Å²) in [6.45, 7) is -0.910. The lowest BCUT2D eigenvalue weighted by Crippen LogP contribution is -2.46. The van der Waals surface area contributed by atoms with Crippen molar-refractivity contribution < 1.29 is 22.3 Å². The number of anilines is 1. The fraction of sp³-hybridized carbons (Fsp3) is 0.455. The Morgan fingerprint density at radius 2 is 2.06 bits per heavy atom. The first-order valence-corrected chi connectivity index (χ1v) is 11.1. The molecule has 35 heavy (non-hydrogen) atoms. The number of hydrogen-bond acceptors (Lipinski definition) is 7. The van der Waals surface area contributed by atoms with Crippen LogP contribution in [-0.2, 0) is 0 Å². The smallest absolute Gasteiger partial charge is 0.244 e. The molecule has 0 aliphatic carbocycles. The van der Waals surface area contributed by atoms with Gasteiger partial charge in [-0.2, -0.15) is 4.98 Å². The third-order valence-corrected chi connectivity index (χ3v) is 6.27. The number of nitrogens with zero attached hydrogens (tertiary/aromatic N) is 7. The van der Waals surface area contributed by atoms with Crippen LogP contribution in [0, 0.1) is 5.82 Å². The maximum Gasteiger partial charge on any atom is 0.244 e. The molecule has 0 spiro atoms. The number of benzene rings is 1. The molecule has 5 rings (SSSR count). The fourth-order valence-corrected chi connectivity index (χ4v) is 4.42. The van der Waals surface area contributed by atoms with Gasteiger partial charge < -0.3 is 15.0 Å². The maximum absolute atomic E-state index is 15.2. The van der Waals surface area contributed by atoms with E-state index in [0.29, 0.717) is 29.6 Å². The minimum Gasteiger partial charge on any atom is -0.479 e. The highest BCUT2D eigenvalue weighted by molar-refractivity contribution is 5.89. The Morgan fingerprint density at radius 3 is 2.77 bits per heavy atom. The van der Waals surface area contributed by atoms with Crippen LogP contribution < -0.4 is 10.1 Å². The Kier molecular flexibility index (Phi) is 6.17. The molecule has 3 aromatic heterocycles. The molecule has 1 fully saturated rings. The standard InChI is InChI=1S/C22H24F4N8O/c1-32-6-5-16(14(25)10-32)27-22-28-21(35-2)20-19(15(26)11-33(20)30-22)12-3-4-17-18(7-12)34(31-29-17)13(8-23)9-24/h3-4,7,11,13-14,16H,5-6,8-10H2,1-2H3,(H,27,30)/t14-,16+/m1/s1. The number of ether oxygens (including phenoxy) is 1. The van der Waals surface area contributed by atoms with E-state index in [4.69, 9.17) is 4.74 Å². The summed E-state index contributed by atoms with van der Waals surface area (Å²) in [5.41, 5.74) is 1.57.